The second-order valence-corrected chi connectivity index (χ2v) is 4.80. The van der Waals surface area contributed by atoms with Crippen LogP contribution in [0.1, 0.15) is 30.6 Å². The van der Waals surface area contributed by atoms with E-state index in [-0.39, 0.29) is 17.2 Å². The molecule has 0 heterocycles. The van der Waals surface area contributed by atoms with Crippen molar-refractivity contribution < 1.29 is 19.6 Å². The first-order valence-electron chi connectivity index (χ1n) is 6.09. The van der Waals surface area contributed by atoms with Crippen LogP contribution in [0.25, 0.3) is 0 Å². The van der Waals surface area contributed by atoms with Crippen molar-refractivity contribution in [3.63, 3.8) is 0 Å². The lowest BCUT2D eigenvalue weighted by Gasteiger charge is -2.16. The Balaban J connectivity index is 2.78. The zero-order valence-corrected chi connectivity index (χ0v) is 11.2. The van der Waals surface area contributed by atoms with Gasteiger partial charge in [-0.3, -0.25) is 14.9 Å². The molecule has 0 bridgehead atoms. The molecule has 0 aromatic heterocycles. The summed E-state index contributed by atoms with van der Waals surface area (Å²) in [6, 6.07) is 4.02. The number of carboxylic acid groups (broad SMARTS) is 1. The Kier molecular flexibility index (Phi) is 5.19. The summed E-state index contributed by atoms with van der Waals surface area (Å²) in [6.07, 6.45) is 0.314. The molecule has 0 spiro atoms. The fraction of sp³-hybridized carbons (Fsp3) is 0.385. The standard InChI is InChI=1S/C13H16N2O5/c1-8(2)7-11(13(17)18)14-12(16)9-3-5-10(6-4-9)15(19)20/h3-6,8,11H,7H2,1-2H3,(H,14,16)(H,17,18)/t11-/m1/s1. The predicted molar refractivity (Wildman–Crippen MR) is 71.4 cm³/mol. The third-order valence-corrected chi connectivity index (χ3v) is 2.65. The normalized spacial score (nSPS) is 11.9. The minimum absolute atomic E-state index is 0.119. The molecule has 1 aromatic rings. The van der Waals surface area contributed by atoms with E-state index >= 15 is 0 Å². The maximum absolute atomic E-state index is 11.9. The maximum Gasteiger partial charge on any atom is 0.326 e. The zero-order chi connectivity index (χ0) is 15.3. The number of benzene rings is 1. The molecule has 0 radical (unpaired) electrons. The van der Waals surface area contributed by atoms with Crippen molar-refractivity contribution in [1.29, 1.82) is 0 Å². The van der Waals surface area contributed by atoms with Gasteiger partial charge >= 0.3 is 5.97 Å². The number of nitro benzene ring substituents is 1. The second kappa shape index (κ2) is 6.65. The van der Waals surface area contributed by atoms with Crippen molar-refractivity contribution in [1.82, 2.24) is 5.32 Å². The highest BCUT2D eigenvalue weighted by Crippen LogP contribution is 2.12. The number of nitrogens with zero attached hydrogens (tertiary/aromatic N) is 1. The molecule has 1 aromatic carbocycles. The maximum atomic E-state index is 11.9. The lowest BCUT2D eigenvalue weighted by Crippen LogP contribution is -2.41. The van der Waals surface area contributed by atoms with Crippen LogP contribution in [0, 0.1) is 16.0 Å². The lowest BCUT2D eigenvalue weighted by atomic mass is 10.0. The Morgan fingerprint density at radius 1 is 1.30 bits per heavy atom. The monoisotopic (exact) mass is 280 g/mol. The van der Waals surface area contributed by atoms with Crippen molar-refractivity contribution in [3.05, 3.63) is 39.9 Å². The van der Waals surface area contributed by atoms with E-state index in [4.69, 9.17) is 5.11 Å². The first kappa shape index (κ1) is 15.6. The van der Waals surface area contributed by atoms with Crippen molar-refractivity contribution in [3.8, 4) is 0 Å². The molecule has 0 saturated carbocycles. The van der Waals surface area contributed by atoms with Gasteiger partial charge in [0.25, 0.3) is 11.6 Å². The molecule has 0 unspecified atom stereocenters. The highest BCUT2D eigenvalue weighted by Gasteiger charge is 2.21. The molecule has 20 heavy (non-hydrogen) atoms. The number of carboxylic acids is 1. The lowest BCUT2D eigenvalue weighted by molar-refractivity contribution is -0.384. The summed E-state index contributed by atoms with van der Waals surface area (Å²) in [6.45, 7) is 3.71. The highest BCUT2D eigenvalue weighted by atomic mass is 16.6. The van der Waals surface area contributed by atoms with Crippen LogP contribution in [0.3, 0.4) is 0 Å². The van der Waals surface area contributed by atoms with Crippen molar-refractivity contribution in [2.75, 3.05) is 0 Å². The molecule has 1 rings (SSSR count). The number of rotatable bonds is 6. The molecule has 0 aliphatic rings. The van der Waals surface area contributed by atoms with Gasteiger partial charge in [0.05, 0.1) is 4.92 Å². The largest absolute Gasteiger partial charge is 0.480 e. The minimum Gasteiger partial charge on any atom is -0.480 e. The summed E-state index contributed by atoms with van der Waals surface area (Å²) in [5.41, 5.74) is 0.0594. The number of carbonyl (C=O) groups is 2. The quantitative estimate of drug-likeness (QED) is 0.610. The van der Waals surface area contributed by atoms with E-state index < -0.39 is 22.8 Å². The fourth-order valence-corrected chi connectivity index (χ4v) is 1.67. The average molecular weight is 280 g/mol. The zero-order valence-electron chi connectivity index (χ0n) is 11.2. The van der Waals surface area contributed by atoms with Crippen LogP contribution in [-0.4, -0.2) is 27.9 Å². The van der Waals surface area contributed by atoms with Crippen LogP contribution in [0.15, 0.2) is 24.3 Å². The van der Waals surface area contributed by atoms with E-state index in [0.29, 0.717) is 6.42 Å². The topological polar surface area (TPSA) is 110 Å². The van der Waals surface area contributed by atoms with Crippen LogP contribution >= 0.6 is 0 Å². The molecule has 0 saturated heterocycles. The summed E-state index contributed by atoms with van der Waals surface area (Å²) in [5, 5.41) is 21.9. The van der Waals surface area contributed by atoms with E-state index in [0.717, 1.165) is 0 Å². The van der Waals surface area contributed by atoms with E-state index in [1.54, 1.807) is 0 Å². The average Bonchev–Trinajstić information content (AvgIpc) is 2.37. The first-order chi connectivity index (χ1) is 9.31. The van der Waals surface area contributed by atoms with Gasteiger partial charge in [0, 0.05) is 17.7 Å². The number of hydrogen-bond donors (Lipinski definition) is 2. The minimum atomic E-state index is -1.10. The smallest absolute Gasteiger partial charge is 0.326 e. The van der Waals surface area contributed by atoms with Crippen LogP contribution in [0.4, 0.5) is 5.69 Å². The third-order valence-electron chi connectivity index (χ3n) is 2.65. The number of amides is 1. The SMILES string of the molecule is CC(C)C[C@@H](NC(=O)c1ccc([N+](=O)[O-])cc1)C(=O)O. The van der Waals surface area contributed by atoms with E-state index in [2.05, 4.69) is 5.32 Å². The van der Waals surface area contributed by atoms with Gasteiger partial charge in [-0.05, 0) is 24.5 Å². The number of nitrogens with one attached hydrogen (secondary N) is 1. The summed E-state index contributed by atoms with van der Waals surface area (Å²) < 4.78 is 0. The van der Waals surface area contributed by atoms with Crippen LogP contribution in [-0.2, 0) is 4.79 Å². The van der Waals surface area contributed by atoms with Crippen molar-refractivity contribution >= 4 is 17.6 Å². The van der Waals surface area contributed by atoms with Gasteiger partial charge in [-0.2, -0.15) is 0 Å². The Labute approximate surface area is 115 Å². The number of hydrogen-bond acceptors (Lipinski definition) is 4. The van der Waals surface area contributed by atoms with E-state index in [1.807, 2.05) is 13.8 Å². The number of aliphatic carboxylic acids is 1. The predicted octanol–water partition coefficient (Wildman–Crippen LogP) is 1.82. The van der Waals surface area contributed by atoms with Gasteiger partial charge in [0.1, 0.15) is 6.04 Å². The first-order valence-corrected chi connectivity index (χ1v) is 6.09. The number of non-ortho nitro benzene ring substituents is 1. The van der Waals surface area contributed by atoms with Crippen LogP contribution in [0.5, 0.6) is 0 Å². The van der Waals surface area contributed by atoms with Gasteiger partial charge in [-0.1, -0.05) is 13.8 Å². The molecule has 0 fully saturated rings. The molecule has 0 aliphatic heterocycles. The van der Waals surface area contributed by atoms with Crippen LogP contribution < -0.4 is 5.32 Å². The summed E-state index contributed by atoms with van der Waals surface area (Å²) in [7, 11) is 0. The van der Waals surface area contributed by atoms with E-state index in [9.17, 15) is 19.7 Å². The van der Waals surface area contributed by atoms with E-state index in [1.165, 1.54) is 24.3 Å². The van der Waals surface area contributed by atoms with Gasteiger partial charge in [-0.15, -0.1) is 0 Å². The Morgan fingerprint density at radius 2 is 1.85 bits per heavy atom. The van der Waals surface area contributed by atoms with Crippen molar-refractivity contribution in [2.24, 2.45) is 5.92 Å². The van der Waals surface area contributed by atoms with Gasteiger partial charge in [-0.25, -0.2) is 4.79 Å². The van der Waals surface area contributed by atoms with Gasteiger partial charge < -0.3 is 10.4 Å². The second-order valence-electron chi connectivity index (χ2n) is 4.80. The summed E-state index contributed by atoms with van der Waals surface area (Å²) >= 11 is 0. The molecule has 1 atom stereocenters. The molecule has 2 N–H and O–H groups in total. The Hall–Kier alpha value is -2.44. The summed E-state index contributed by atoms with van der Waals surface area (Å²) in [5.74, 6) is -1.55. The Morgan fingerprint density at radius 3 is 2.25 bits per heavy atom. The molecular formula is C13H16N2O5. The Bertz CT molecular complexity index is 510. The van der Waals surface area contributed by atoms with Crippen molar-refractivity contribution in [2.45, 2.75) is 26.3 Å². The third kappa shape index (κ3) is 4.34. The molecule has 7 nitrogen and oxygen atoms in total. The van der Waals surface area contributed by atoms with Crippen LogP contribution in [0.2, 0.25) is 0 Å². The molecule has 0 aliphatic carbocycles. The summed E-state index contributed by atoms with van der Waals surface area (Å²) in [4.78, 5) is 32.8. The molecule has 1 amide bonds. The molecule has 108 valence electrons. The fourth-order valence-electron chi connectivity index (χ4n) is 1.67. The van der Waals surface area contributed by atoms with Gasteiger partial charge in [0.2, 0.25) is 0 Å². The molecule has 7 heteroatoms. The van der Waals surface area contributed by atoms with Gasteiger partial charge in [0.15, 0.2) is 0 Å². The highest BCUT2D eigenvalue weighted by molar-refractivity contribution is 5.96. The molecular weight excluding hydrogens is 264 g/mol. The number of carbonyl (C=O) groups excluding carboxylic acids is 1. The number of nitro groups is 1.